The highest BCUT2D eigenvalue weighted by molar-refractivity contribution is 5.96. The lowest BCUT2D eigenvalue weighted by atomic mass is 9.97. The predicted molar refractivity (Wildman–Crippen MR) is 318 cm³/mol. The number of aliphatic carboxylic acids is 2. The van der Waals surface area contributed by atoms with Crippen LogP contribution in [0.2, 0.25) is 0 Å². The van der Waals surface area contributed by atoms with Crippen LogP contribution in [0.15, 0.2) is 133 Å². The number of methoxy groups -OCH3 is 2. The number of nitro benzene ring substituents is 1. The molecule has 0 bridgehead atoms. The summed E-state index contributed by atoms with van der Waals surface area (Å²) in [4.78, 5) is 130. The van der Waals surface area contributed by atoms with Crippen LogP contribution in [0.5, 0.6) is 23.0 Å². The number of carboxylic acid groups (broad SMARTS) is 2. The highest BCUT2D eigenvalue weighted by Crippen LogP contribution is 2.39. The van der Waals surface area contributed by atoms with Gasteiger partial charge in [-0.05, 0) is 90.0 Å². The molecule has 0 saturated heterocycles. The quantitative estimate of drug-likeness (QED) is 0.0115. The second kappa shape index (κ2) is 32.6. The van der Waals surface area contributed by atoms with Gasteiger partial charge in [0.1, 0.15) is 41.8 Å². The Kier molecular flexibility index (Phi) is 24.7. The van der Waals surface area contributed by atoms with Crippen molar-refractivity contribution in [3.05, 3.63) is 171 Å². The van der Waals surface area contributed by atoms with Gasteiger partial charge in [-0.3, -0.25) is 48.5 Å². The number of hydrogen-bond donors (Lipinski definition) is 9. The molecule has 0 spiro atoms. The Hall–Kier alpha value is -10.6. The van der Waals surface area contributed by atoms with Crippen LogP contribution in [0.4, 0.5) is 5.69 Å². The Labute approximate surface area is 505 Å². The van der Waals surface area contributed by atoms with Crippen LogP contribution in [-0.4, -0.2) is 132 Å². The minimum atomic E-state index is -1.58. The van der Waals surface area contributed by atoms with Crippen molar-refractivity contribution in [3.63, 3.8) is 0 Å². The number of hydrogen-bond acceptors (Lipinski definition) is 16. The summed E-state index contributed by atoms with van der Waals surface area (Å²) < 4.78 is 22.4. The number of nitrogens with zero attached hydrogens (tertiary/aromatic N) is 1. The van der Waals surface area contributed by atoms with Crippen LogP contribution < -0.4 is 46.1 Å². The molecule has 0 aromatic heterocycles. The highest BCUT2D eigenvalue weighted by Gasteiger charge is 2.32. The van der Waals surface area contributed by atoms with Gasteiger partial charge in [0.15, 0.2) is 11.5 Å². The summed E-state index contributed by atoms with van der Waals surface area (Å²) in [5.41, 5.74) is 1.96. The Morgan fingerprint density at radius 2 is 1.11 bits per heavy atom. The third-order valence-electron chi connectivity index (χ3n) is 14.0. The van der Waals surface area contributed by atoms with E-state index in [1.165, 1.54) is 44.4 Å². The number of carbonyl (C=O) groups excluding carboxylic acids is 7. The predicted octanol–water partition coefficient (Wildman–Crippen LogP) is 4.89. The van der Waals surface area contributed by atoms with Crippen LogP contribution >= 0.6 is 0 Å². The van der Waals surface area contributed by atoms with Crippen molar-refractivity contribution < 1.29 is 82.3 Å². The molecule has 0 aliphatic carbocycles. The van der Waals surface area contributed by atoms with E-state index in [2.05, 4.69) is 31.9 Å². The van der Waals surface area contributed by atoms with Gasteiger partial charge < -0.3 is 66.2 Å². The van der Waals surface area contributed by atoms with Crippen molar-refractivity contribution in [2.45, 2.75) is 95.0 Å². The molecule has 0 aliphatic heterocycles. The number of phenolic OH excluding ortho intramolecular Hbond substituents is 1. The molecule has 0 aliphatic rings. The van der Waals surface area contributed by atoms with Crippen LogP contribution in [0, 0.1) is 10.1 Å². The van der Waals surface area contributed by atoms with E-state index in [1.807, 2.05) is 24.3 Å². The Balaban J connectivity index is 1.07. The molecule has 9 N–H and O–H groups in total. The van der Waals surface area contributed by atoms with Gasteiger partial charge in [0.05, 0.1) is 56.4 Å². The Morgan fingerprint density at radius 3 is 1.68 bits per heavy atom. The third-order valence-corrected chi connectivity index (χ3v) is 14.0. The minimum absolute atomic E-state index is 0.0214. The molecule has 464 valence electrons. The van der Waals surface area contributed by atoms with E-state index in [1.54, 1.807) is 86.8 Å². The number of nitrogens with one attached hydrogen (secondary N) is 6. The second-order valence-electron chi connectivity index (χ2n) is 20.4. The first-order valence-corrected chi connectivity index (χ1v) is 27.9. The SMILES string of the molecule is COc1ccc2cc([C@@H](C)C(=O)OC(C)c3cc(OC)c(OCCCC(=O)NCC(=O)N[C@@H](Cc4ccccc4)C(=O)N[C@@H](Cc4ccccc4)C(=O)N[C@@H](Cc4ccc(O)cc4)C(=O)NCC(=O)N[C@@H](CCC(=O)O)C(=O)O)cc3[N+](=O)[O-])ccc2c1. The average molecular weight is 1210 g/mol. The van der Waals surface area contributed by atoms with Gasteiger partial charge in [0.2, 0.25) is 35.4 Å². The second-order valence-corrected chi connectivity index (χ2v) is 20.4. The molecule has 0 radical (unpaired) electrons. The number of rotatable bonds is 33. The first-order valence-electron chi connectivity index (χ1n) is 27.9. The molecule has 88 heavy (non-hydrogen) atoms. The molecule has 1 unspecified atom stereocenters. The molecular formula is C63H69N7O18. The number of benzene rings is 6. The average Bonchev–Trinajstić information content (AvgIpc) is 2.01. The van der Waals surface area contributed by atoms with Crippen LogP contribution in [0.25, 0.3) is 10.8 Å². The monoisotopic (exact) mass is 1210 g/mol. The first-order chi connectivity index (χ1) is 42.1. The standard InChI is InChI=1S/C63H69N7O18/c1-37(42-19-20-44-32-46(85-3)24-21-43(44)31-42)63(82)88-38(2)47-33-53(86-4)54(34-52(47)70(83)84)87-27-11-16-55(72)64-35-56(73)67-50(28-39-12-7-5-8-13-39)60(78)69-51(29-40-14-9-6-10-15-40)61(79)68-49(30-41-17-22-45(71)23-18-41)59(77)65-36-57(74)66-48(62(80)81)25-26-58(75)76/h5-10,12-15,17-24,31-34,37-38,48-51,71H,11,16,25-30,35-36H2,1-4H3,(H,64,72)(H,65,77)(H,66,74)(H,67,73)(H,68,79)(H,69,78)(H,75,76)(H,80,81)/t37-,38?,48+,49+,50+,51+/m1/s1. The van der Waals surface area contributed by atoms with Crippen molar-refractivity contribution in [2.24, 2.45) is 0 Å². The maximum atomic E-state index is 14.4. The normalized spacial score (nSPS) is 12.9. The van der Waals surface area contributed by atoms with E-state index in [-0.39, 0.29) is 61.5 Å². The summed E-state index contributed by atoms with van der Waals surface area (Å²) >= 11 is 0. The summed E-state index contributed by atoms with van der Waals surface area (Å²) in [6.45, 7) is 1.69. The lowest BCUT2D eigenvalue weighted by Crippen LogP contribution is -2.58. The van der Waals surface area contributed by atoms with Gasteiger partial charge in [0.25, 0.3) is 5.69 Å². The fourth-order valence-corrected chi connectivity index (χ4v) is 9.16. The summed E-state index contributed by atoms with van der Waals surface area (Å²) in [6, 6.07) is 30.6. The summed E-state index contributed by atoms with van der Waals surface area (Å²) in [6.07, 6.45) is -2.58. The topological polar surface area (TPSA) is 367 Å². The van der Waals surface area contributed by atoms with Crippen LogP contribution in [0.3, 0.4) is 0 Å². The largest absolute Gasteiger partial charge is 0.508 e. The van der Waals surface area contributed by atoms with Crippen molar-refractivity contribution >= 4 is 69.8 Å². The van der Waals surface area contributed by atoms with Crippen LogP contribution in [-0.2, 0) is 67.2 Å². The van der Waals surface area contributed by atoms with Gasteiger partial charge in [-0.1, -0.05) is 97.1 Å². The Bertz CT molecular complexity index is 3460. The van der Waals surface area contributed by atoms with Gasteiger partial charge in [0, 0.05) is 32.1 Å². The molecule has 0 fully saturated rings. The van der Waals surface area contributed by atoms with E-state index in [0.29, 0.717) is 28.0 Å². The minimum Gasteiger partial charge on any atom is -0.508 e. The Morgan fingerprint density at radius 1 is 0.568 bits per heavy atom. The number of amides is 6. The van der Waals surface area contributed by atoms with E-state index >= 15 is 0 Å². The number of phenols is 1. The maximum Gasteiger partial charge on any atom is 0.326 e. The highest BCUT2D eigenvalue weighted by atomic mass is 16.6. The molecule has 0 heterocycles. The number of carbonyl (C=O) groups is 9. The maximum absolute atomic E-state index is 14.4. The summed E-state index contributed by atoms with van der Waals surface area (Å²) in [5.74, 6) is -8.39. The number of aromatic hydroxyl groups is 1. The van der Waals surface area contributed by atoms with Gasteiger partial charge in [-0.2, -0.15) is 0 Å². The van der Waals surface area contributed by atoms with Crippen molar-refractivity contribution in [1.29, 1.82) is 0 Å². The van der Waals surface area contributed by atoms with E-state index in [9.17, 15) is 63.5 Å². The number of esters is 1. The lowest BCUT2D eigenvalue weighted by Gasteiger charge is -2.26. The fourth-order valence-electron chi connectivity index (χ4n) is 9.16. The molecule has 6 aromatic rings. The zero-order valence-corrected chi connectivity index (χ0v) is 48.6. The van der Waals surface area contributed by atoms with Crippen molar-refractivity contribution in [1.82, 2.24) is 31.9 Å². The first kappa shape index (κ1) is 66.5. The summed E-state index contributed by atoms with van der Waals surface area (Å²) in [5, 5.41) is 57.6. The van der Waals surface area contributed by atoms with E-state index < -0.39 is 126 Å². The molecule has 0 saturated carbocycles. The van der Waals surface area contributed by atoms with Gasteiger partial charge in [-0.15, -0.1) is 0 Å². The number of carboxylic acids is 2. The zero-order chi connectivity index (χ0) is 63.9. The summed E-state index contributed by atoms with van der Waals surface area (Å²) in [7, 11) is 2.90. The number of fused-ring (bicyclic) bond motifs is 1. The van der Waals surface area contributed by atoms with E-state index in [4.69, 9.17) is 24.1 Å². The van der Waals surface area contributed by atoms with Gasteiger partial charge >= 0.3 is 17.9 Å². The van der Waals surface area contributed by atoms with Crippen LogP contribution in [0.1, 0.15) is 79.4 Å². The number of nitro groups is 1. The van der Waals surface area contributed by atoms with Crippen molar-refractivity contribution in [2.75, 3.05) is 33.9 Å². The molecule has 6 rings (SSSR count). The molecule has 6 atom stereocenters. The zero-order valence-electron chi connectivity index (χ0n) is 48.6. The molecule has 25 heteroatoms. The molecule has 6 aromatic carbocycles. The van der Waals surface area contributed by atoms with Crippen molar-refractivity contribution in [3.8, 4) is 23.0 Å². The smallest absolute Gasteiger partial charge is 0.326 e. The van der Waals surface area contributed by atoms with Gasteiger partial charge in [-0.25, -0.2) is 4.79 Å². The number of ether oxygens (including phenoxy) is 4. The lowest BCUT2D eigenvalue weighted by molar-refractivity contribution is -0.386. The molecule has 6 amide bonds. The van der Waals surface area contributed by atoms with E-state index in [0.717, 1.165) is 16.8 Å². The fraction of sp³-hybridized carbons (Fsp3) is 0.317. The molecule has 25 nitrogen and oxygen atoms in total. The molecular weight excluding hydrogens is 1140 g/mol. The third kappa shape index (κ3) is 20.3.